The monoisotopic (exact) mass is 421 g/mol. The molecule has 1 aromatic heterocycles. The van der Waals surface area contributed by atoms with Crippen LogP contribution in [0.25, 0.3) is 0 Å². The zero-order valence-electron chi connectivity index (χ0n) is 15.8. The molecular formula is C19H23N3O4S2. The minimum atomic E-state index is -3.61. The van der Waals surface area contributed by atoms with Crippen LogP contribution in [0.5, 0.6) is 0 Å². The van der Waals surface area contributed by atoms with Gasteiger partial charge in [0.15, 0.2) is 0 Å². The number of thiophene rings is 1. The van der Waals surface area contributed by atoms with E-state index in [0.29, 0.717) is 13.1 Å². The molecule has 0 saturated heterocycles. The van der Waals surface area contributed by atoms with E-state index in [-0.39, 0.29) is 29.3 Å². The predicted molar refractivity (Wildman–Crippen MR) is 108 cm³/mol. The van der Waals surface area contributed by atoms with Gasteiger partial charge in [-0.1, -0.05) is 6.07 Å². The lowest BCUT2D eigenvalue weighted by Crippen LogP contribution is -2.37. The Morgan fingerprint density at radius 3 is 2.79 bits per heavy atom. The Morgan fingerprint density at radius 1 is 1.25 bits per heavy atom. The zero-order valence-corrected chi connectivity index (χ0v) is 17.5. The minimum Gasteiger partial charge on any atom is -0.352 e. The smallest absolute Gasteiger partial charge is 0.251 e. The Kier molecular flexibility index (Phi) is 6.17. The van der Waals surface area contributed by atoms with Gasteiger partial charge < -0.3 is 10.2 Å². The van der Waals surface area contributed by atoms with Crippen LogP contribution in [0.1, 0.15) is 27.2 Å². The average molecular weight is 422 g/mol. The Bertz CT molecular complexity index is 983. The van der Waals surface area contributed by atoms with E-state index in [1.54, 1.807) is 17.4 Å². The summed E-state index contributed by atoms with van der Waals surface area (Å²) >= 11 is 1.72. The topological polar surface area (TPSA) is 86.8 Å². The summed E-state index contributed by atoms with van der Waals surface area (Å²) in [5, 5.41) is 4.74. The summed E-state index contributed by atoms with van der Waals surface area (Å²) in [7, 11) is -0.732. The van der Waals surface area contributed by atoms with Gasteiger partial charge in [-0.3, -0.25) is 9.59 Å². The summed E-state index contributed by atoms with van der Waals surface area (Å²) in [6.07, 6.45) is 1.08. The fraction of sp³-hybridized carbons (Fsp3) is 0.368. The number of rotatable bonds is 6. The lowest BCUT2D eigenvalue weighted by Gasteiger charge is -2.27. The molecule has 0 saturated carbocycles. The summed E-state index contributed by atoms with van der Waals surface area (Å²) in [5.41, 5.74) is 1.45. The molecule has 1 aromatic carbocycles. The van der Waals surface area contributed by atoms with Crippen LogP contribution in [0.15, 0.2) is 40.6 Å². The normalized spacial score (nSPS) is 14.0. The van der Waals surface area contributed by atoms with Gasteiger partial charge in [0, 0.05) is 50.6 Å². The number of hydrogen-bond acceptors (Lipinski definition) is 5. The molecule has 0 radical (unpaired) electrons. The van der Waals surface area contributed by atoms with Crippen LogP contribution in [0, 0.1) is 0 Å². The lowest BCUT2D eigenvalue weighted by atomic mass is 10.1. The highest BCUT2D eigenvalue weighted by Gasteiger charge is 2.22. The van der Waals surface area contributed by atoms with E-state index in [1.165, 1.54) is 42.7 Å². The van der Waals surface area contributed by atoms with Crippen molar-refractivity contribution in [1.82, 2.24) is 14.5 Å². The van der Waals surface area contributed by atoms with Crippen LogP contribution >= 0.6 is 11.3 Å². The van der Waals surface area contributed by atoms with Crippen LogP contribution in [-0.2, 0) is 27.8 Å². The Hall–Kier alpha value is -2.23. The molecule has 0 atom stereocenters. The third kappa shape index (κ3) is 4.43. The van der Waals surface area contributed by atoms with Crippen LogP contribution < -0.4 is 5.32 Å². The molecular weight excluding hydrogens is 398 g/mol. The first kappa shape index (κ1) is 20.5. The maximum atomic E-state index is 12.4. The molecule has 2 aromatic rings. The Labute approximate surface area is 169 Å². The first-order valence-corrected chi connectivity index (χ1v) is 11.2. The molecule has 2 amide bonds. The number of nitrogens with one attached hydrogen (secondary N) is 1. The second-order valence-corrected chi connectivity index (χ2v) is 9.91. The third-order valence-electron chi connectivity index (χ3n) is 4.66. The number of fused-ring (bicyclic) bond motifs is 1. The molecule has 9 heteroatoms. The molecule has 3 rings (SSSR count). The average Bonchev–Trinajstić information content (AvgIpc) is 3.15. The summed E-state index contributed by atoms with van der Waals surface area (Å²) in [6.45, 7) is 1.52. The van der Waals surface area contributed by atoms with Crippen molar-refractivity contribution in [3.05, 3.63) is 51.7 Å². The second kappa shape index (κ2) is 8.42. The van der Waals surface area contributed by atoms with Gasteiger partial charge in [-0.25, -0.2) is 12.7 Å². The molecule has 150 valence electrons. The van der Waals surface area contributed by atoms with Crippen molar-refractivity contribution in [3.8, 4) is 0 Å². The van der Waals surface area contributed by atoms with Crippen molar-refractivity contribution >= 4 is 33.2 Å². The molecule has 0 unspecified atom stereocenters. The van der Waals surface area contributed by atoms with E-state index >= 15 is 0 Å². The minimum absolute atomic E-state index is 0.00101. The molecule has 0 fully saturated rings. The predicted octanol–water partition coefficient (Wildman–Crippen LogP) is 1.70. The number of carbonyl (C=O) groups excluding carboxylic acids is 2. The summed E-state index contributed by atoms with van der Waals surface area (Å²) in [5.74, 6) is -0.400. The number of benzene rings is 1. The van der Waals surface area contributed by atoms with Crippen molar-refractivity contribution in [3.63, 3.8) is 0 Å². The highest BCUT2D eigenvalue weighted by atomic mass is 32.2. The van der Waals surface area contributed by atoms with E-state index in [4.69, 9.17) is 0 Å². The van der Waals surface area contributed by atoms with Gasteiger partial charge in [-0.05, 0) is 41.6 Å². The number of sulfonamides is 1. The first-order chi connectivity index (χ1) is 13.3. The largest absolute Gasteiger partial charge is 0.352 e. The maximum absolute atomic E-state index is 12.4. The van der Waals surface area contributed by atoms with Gasteiger partial charge in [-0.15, -0.1) is 11.3 Å². The van der Waals surface area contributed by atoms with Crippen molar-refractivity contribution in [2.75, 3.05) is 27.2 Å². The standard InChI is InChI=1S/C19H23N3O4S2/c1-21(2)28(25,26)16-5-3-4-14(12-16)19(24)20-9-6-18(23)22-10-7-17-15(13-22)8-11-27-17/h3-5,8,11-12H,6-7,9-10,13H2,1-2H3,(H,20,24). The fourth-order valence-corrected chi connectivity index (χ4v) is 4.85. The molecule has 7 nitrogen and oxygen atoms in total. The van der Waals surface area contributed by atoms with E-state index in [2.05, 4.69) is 11.4 Å². The van der Waals surface area contributed by atoms with Crippen molar-refractivity contribution in [1.29, 1.82) is 0 Å². The molecule has 1 aliphatic heterocycles. The number of amides is 2. The second-order valence-electron chi connectivity index (χ2n) is 6.76. The quantitative estimate of drug-likeness (QED) is 0.769. The van der Waals surface area contributed by atoms with Gasteiger partial charge >= 0.3 is 0 Å². The summed E-state index contributed by atoms with van der Waals surface area (Å²) < 4.78 is 25.5. The zero-order chi connectivity index (χ0) is 20.3. The lowest BCUT2D eigenvalue weighted by molar-refractivity contribution is -0.131. The van der Waals surface area contributed by atoms with Gasteiger partial charge in [0.1, 0.15) is 0 Å². The molecule has 1 aliphatic rings. The summed E-state index contributed by atoms with van der Waals surface area (Å²) in [6, 6.07) is 7.92. The van der Waals surface area contributed by atoms with E-state index in [1.807, 2.05) is 10.3 Å². The van der Waals surface area contributed by atoms with E-state index < -0.39 is 15.9 Å². The molecule has 1 N–H and O–H groups in total. The number of nitrogens with zero attached hydrogens (tertiary/aromatic N) is 2. The van der Waals surface area contributed by atoms with Gasteiger partial charge in [0.2, 0.25) is 15.9 Å². The highest BCUT2D eigenvalue weighted by Crippen LogP contribution is 2.24. The van der Waals surface area contributed by atoms with E-state index in [0.717, 1.165) is 10.7 Å². The molecule has 0 spiro atoms. The SMILES string of the molecule is CN(C)S(=O)(=O)c1cccc(C(=O)NCCC(=O)N2CCc3sccc3C2)c1. The molecule has 0 bridgehead atoms. The fourth-order valence-electron chi connectivity index (χ4n) is 3.01. The summed E-state index contributed by atoms with van der Waals surface area (Å²) in [4.78, 5) is 27.9. The van der Waals surface area contributed by atoms with Gasteiger partial charge in [-0.2, -0.15) is 0 Å². The molecule has 28 heavy (non-hydrogen) atoms. The van der Waals surface area contributed by atoms with Crippen LogP contribution in [0.4, 0.5) is 0 Å². The van der Waals surface area contributed by atoms with Crippen LogP contribution in [0.2, 0.25) is 0 Å². The van der Waals surface area contributed by atoms with Crippen molar-refractivity contribution < 1.29 is 18.0 Å². The first-order valence-electron chi connectivity index (χ1n) is 8.93. The van der Waals surface area contributed by atoms with Crippen LogP contribution in [0.3, 0.4) is 0 Å². The molecule has 0 aliphatic carbocycles. The Balaban J connectivity index is 1.54. The number of hydrogen-bond donors (Lipinski definition) is 1. The van der Waals surface area contributed by atoms with Gasteiger partial charge in [0.25, 0.3) is 5.91 Å². The van der Waals surface area contributed by atoms with Crippen LogP contribution in [-0.4, -0.2) is 56.6 Å². The van der Waals surface area contributed by atoms with Gasteiger partial charge in [0.05, 0.1) is 4.90 Å². The Morgan fingerprint density at radius 2 is 2.04 bits per heavy atom. The highest BCUT2D eigenvalue weighted by molar-refractivity contribution is 7.89. The van der Waals surface area contributed by atoms with Crippen molar-refractivity contribution in [2.24, 2.45) is 0 Å². The number of carbonyl (C=O) groups is 2. The third-order valence-corrected chi connectivity index (χ3v) is 7.49. The van der Waals surface area contributed by atoms with E-state index in [9.17, 15) is 18.0 Å². The van der Waals surface area contributed by atoms with Crippen molar-refractivity contribution in [2.45, 2.75) is 24.3 Å². The maximum Gasteiger partial charge on any atom is 0.251 e. The molecule has 2 heterocycles.